The van der Waals surface area contributed by atoms with E-state index in [0.29, 0.717) is 12.8 Å². The zero-order valence-corrected chi connectivity index (χ0v) is 6.99. The minimum absolute atomic E-state index is 0.111. The van der Waals surface area contributed by atoms with Crippen molar-refractivity contribution in [1.82, 2.24) is 0 Å². The van der Waals surface area contributed by atoms with Crippen molar-refractivity contribution < 1.29 is 18.3 Å². The lowest BCUT2D eigenvalue weighted by atomic mass is 9.82. The third-order valence-electron chi connectivity index (χ3n) is 2.56. The first-order valence-electron chi connectivity index (χ1n) is 4.18. The van der Waals surface area contributed by atoms with Gasteiger partial charge in [0.1, 0.15) is 0 Å². The molecule has 72 valence electrons. The van der Waals surface area contributed by atoms with Gasteiger partial charge in [-0.1, -0.05) is 13.3 Å². The summed E-state index contributed by atoms with van der Waals surface area (Å²) in [5.74, 6) is -6.95. The van der Waals surface area contributed by atoms with Crippen molar-refractivity contribution in [2.75, 3.05) is 0 Å². The van der Waals surface area contributed by atoms with Crippen LogP contribution in [-0.2, 0) is 0 Å². The van der Waals surface area contributed by atoms with Gasteiger partial charge in [0, 0.05) is 12.8 Å². The van der Waals surface area contributed by atoms with Crippen LogP contribution in [0.3, 0.4) is 0 Å². The average molecular weight is 182 g/mol. The highest BCUT2D eigenvalue weighted by molar-refractivity contribution is 4.91. The SMILES string of the molecule is CCC1CCC(F)(F)C(O)(F)C1. The molecule has 0 aliphatic heterocycles. The smallest absolute Gasteiger partial charge is 0.305 e. The lowest BCUT2D eigenvalue weighted by molar-refractivity contribution is -0.278. The normalized spacial score (nSPS) is 41.2. The van der Waals surface area contributed by atoms with Crippen LogP contribution in [0, 0.1) is 5.92 Å². The zero-order valence-electron chi connectivity index (χ0n) is 6.99. The van der Waals surface area contributed by atoms with Crippen LogP contribution in [-0.4, -0.2) is 16.9 Å². The molecule has 4 heteroatoms. The van der Waals surface area contributed by atoms with Crippen molar-refractivity contribution in [2.24, 2.45) is 5.92 Å². The largest absolute Gasteiger partial charge is 0.357 e. The molecule has 1 rings (SSSR count). The molecule has 1 fully saturated rings. The van der Waals surface area contributed by atoms with Crippen molar-refractivity contribution in [1.29, 1.82) is 0 Å². The maximum absolute atomic E-state index is 12.9. The summed E-state index contributed by atoms with van der Waals surface area (Å²) in [4.78, 5) is 0. The minimum Gasteiger partial charge on any atom is -0.357 e. The molecule has 1 aliphatic rings. The number of halogens is 3. The Morgan fingerprint density at radius 3 is 2.42 bits per heavy atom. The van der Waals surface area contributed by atoms with Crippen molar-refractivity contribution in [3.05, 3.63) is 0 Å². The molecule has 12 heavy (non-hydrogen) atoms. The monoisotopic (exact) mass is 182 g/mol. The van der Waals surface area contributed by atoms with Crippen LogP contribution in [0.15, 0.2) is 0 Å². The Balaban J connectivity index is 2.68. The highest BCUT2D eigenvalue weighted by Crippen LogP contribution is 2.45. The Kier molecular flexibility index (Phi) is 2.38. The molecule has 0 aromatic carbocycles. The highest BCUT2D eigenvalue weighted by atomic mass is 19.3. The lowest BCUT2D eigenvalue weighted by Gasteiger charge is -2.36. The molecule has 1 nitrogen and oxygen atoms in total. The van der Waals surface area contributed by atoms with Crippen LogP contribution in [0.2, 0.25) is 0 Å². The Hall–Kier alpha value is -0.250. The first-order chi connectivity index (χ1) is 5.39. The summed E-state index contributed by atoms with van der Waals surface area (Å²) in [6, 6.07) is 0. The van der Waals surface area contributed by atoms with Gasteiger partial charge in [0.05, 0.1) is 0 Å². The molecule has 0 aromatic rings. The Morgan fingerprint density at radius 1 is 1.42 bits per heavy atom. The van der Waals surface area contributed by atoms with E-state index in [2.05, 4.69) is 0 Å². The molecule has 1 saturated carbocycles. The second kappa shape index (κ2) is 2.91. The molecule has 0 saturated heterocycles. The van der Waals surface area contributed by atoms with Crippen LogP contribution in [0.1, 0.15) is 32.6 Å². The van der Waals surface area contributed by atoms with Gasteiger partial charge in [-0.05, 0) is 12.3 Å². The van der Waals surface area contributed by atoms with Crippen molar-refractivity contribution in [3.8, 4) is 0 Å². The predicted molar refractivity (Wildman–Crippen MR) is 38.6 cm³/mol. The summed E-state index contributed by atoms with van der Waals surface area (Å²) in [6.07, 6.45) is -0.0347. The number of rotatable bonds is 1. The second-order valence-corrected chi connectivity index (χ2v) is 3.48. The molecule has 0 spiro atoms. The fourth-order valence-electron chi connectivity index (χ4n) is 1.56. The van der Waals surface area contributed by atoms with Crippen LogP contribution in [0.4, 0.5) is 13.2 Å². The van der Waals surface area contributed by atoms with Crippen LogP contribution < -0.4 is 0 Å². The van der Waals surface area contributed by atoms with Crippen LogP contribution in [0.25, 0.3) is 0 Å². The highest BCUT2D eigenvalue weighted by Gasteiger charge is 2.56. The maximum atomic E-state index is 12.9. The van der Waals surface area contributed by atoms with E-state index in [4.69, 9.17) is 5.11 Å². The number of aliphatic hydroxyl groups is 1. The summed E-state index contributed by atoms with van der Waals surface area (Å²) in [5.41, 5.74) is 0. The first-order valence-corrected chi connectivity index (χ1v) is 4.18. The summed E-state index contributed by atoms with van der Waals surface area (Å²) in [7, 11) is 0. The van der Waals surface area contributed by atoms with Crippen molar-refractivity contribution >= 4 is 0 Å². The number of hydrogen-bond acceptors (Lipinski definition) is 1. The third kappa shape index (κ3) is 1.58. The molecular formula is C8H13F3O. The third-order valence-corrected chi connectivity index (χ3v) is 2.56. The van der Waals surface area contributed by atoms with E-state index in [9.17, 15) is 13.2 Å². The van der Waals surface area contributed by atoms with Gasteiger partial charge < -0.3 is 5.11 Å². The summed E-state index contributed by atoms with van der Waals surface area (Å²) < 4.78 is 38.2. The number of hydrogen-bond donors (Lipinski definition) is 1. The van der Waals surface area contributed by atoms with E-state index in [1.165, 1.54) is 0 Å². The Labute approximate surface area is 69.6 Å². The summed E-state index contributed by atoms with van der Waals surface area (Å²) in [6.45, 7) is 1.81. The molecule has 0 amide bonds. The molecule has 1 N–H and O–H groups in total. The molecule has 0 bridgehead atoms. The van der Waals surface area contributed by atoms with Crippen molar-refractivity contribution in [3.63, 3.8) is 0 Å². The van der Waals surface area contributed by atoms with E-state index in [-0.39, 0.29) is 5.92 Å². The van der Waals surface area contributed by atoms with Gasteiger partial charge in [0.15, 0.2) is 0 Å². The van der Waals surface area contributed by atoms with E-state index in [0.717, 1.165) is 0 Å². The summed E-state index contributed by atoms with van der Waals surface area (Å²) >= 11 is 0. The van der Waals surface area contributed by atoms with Gasteiger partial charge in [-0.15, -0.1) is 0 Å². The second-order valence-electron chi connectivity index (χ2n) is 3.48. The van der Waals surface area contributed by atoms with Crippen molar-refractivity contribution in [2.45, 2.75) is 44.4 Å². The van der Waals surface area contributed by atoms with E-state index in [1.54, 1.807) is 0 Å². The van der Waals surface area contributed by atoms with Gasteiger partial charge in [0.25, 0.3) is 5.85 Å². The topological polar surface area (TPSA) is 20.2 Å². The predicted octanol–water partition coefficient (Wildman–Crippen LogP) is 2.49. The quantitative estimate of drug-likeness (QED) is 0.660. The Morgan fingerprint density at radius 2 is 2.00 bits per heavy atom. The fourth-order valence-corrected chi connectivity index (χ4v) is 1.56. The first kappa shape index (κ1) is 9.84. The molecule has 1 aliphatic carbocycles. The van der Waals surface area contributed by atoms with E-state index in [1.807, 2.05) is 6.92 Å². The van der Waals surface area contributed by atoms with Crippen LogP contribution in [0.5, 0.6) is 0 Å². The van der Waals surface area contributed by atoms with Gasteiger partial charge in [-0.25, -0.2) is 13.2 Å². The molecule has 2 unspecified atom stereocenters. The molecule has 0 radical (unpaired) electrons. The maximum Gasteiger partial charge on any atom is 0.305 e. The van der Waals surface area contributed by atoms with Crippen LogP contribution >= 0.6 is 0 Å². The molecular weight excluding hydrogens is 169 g/mol. The standard InChI is InChI=1S/C8H13F3O/c1-2-6-3-4-7(9,10)8(11,12)5-6/h6,12H,2-5H2,1H3. The molecule has 2 atom stereocenters. The van der Waals surface area contributed by atoms with Gasteiger partial charge in [0.2, 0.25) is 0 Å². The van der Waals surface area contributed by atoms with Gasteiger partial charge in [-0.3, -0.25) is 0 Å². The molecule has 0 heterocycles. The number of alkyl halides is 3. The molecule has 0 aromatic heterocycles. The van der Waals surface area contributed by atoms with Gasteiger partial charge >= 0.3 is 5.92 Å². The fraction of sp³-hybridized carbons (Fsp3) is 1.00. The zero-order chi connectivity index (χ0) is 9.41. The van der Waals surface area contributed by atoms with Gasteiger partial charge in [-0.2, -0.15) is 0 Å². The summed E-state index contributed by atoms with van der Waals surface area (Å²) in [5, 5.41) is 8.79. The van der Waals surface area contributed by atoms with E-state index >= 15 is 0 Å². The lowest BCUT2D eigenvalue weighted by Crippen LogP contribution is -2.49. The van der Waals surface area contributed by atoms with E-state index < -0.39 is 24.6 Å². The minimum atomic E-state index is -3.56. The average Bonchev–Trinajstić information content (AvgIpc) is 1.95. The Bertz CT molecular complexity index is 168.